The lowest BCUT2D eigenvalue weighted by atomic mass is 10.1. The van der Waals surface area contributed by atoms with Crippen LogP contribution in [0.2, 0.25) is 0 Å². The van der Waals surface area contributed by atoms with Gasteiger partial charge in [-0.05, 0) is 54.8 Å². The molecule has 1 amide bonds. The number of fused-ring (bicyclic) bond motifs is 1. The predicted octanol–water partition coefficient (Wildman–Crippen LogP) is 3.84. The van der Waals surface area contributed by atoms with Gasteiger partial charge in [0.2, 0.25) is 17.7 Å². The van der Waals surface area contributed by atoms with Crippen molar-refractivity contribution in [3.05, 3.63) is 66.2 Å². The second-order valence-electron chi connectivity index (χ2n) is 6.53. The molecule has 0 saturated heterocycles. The number of carbonyl (C=O) groups is 2. The summed E-state index contributed by atoms with van der Waals surface area (Å²) < 4.78 is 7.35. The second-order valence-corrected chi connectivity index (χ2v) is 6.53. The number of hydrogen-bond acceptors (Lipinski definition) is 5. The smallest absolute Gasteiger partial charge is 0.247 e. The summed E-state index contributed by atoms with van der Waals surface area (Å²) in [4.78, 5) is 23.8. The molecule has 0 aliphatic heterocycles. The van der Waals surface area contributed by atoms with Gasteiger partial charge in [-0.2, -0.15) is 0 Å². The highest BCUT2D eigenvalue weighted by molar-refractivity contribution is 5.96. The fourth-order valence-electron chi connectivity index (χ4n) is 3.01. The van der Waals surface area contributed by atoms with E-state index in [1.54, 1.807) is 31.2 Å². The van der Waals surface area contributed by atoms with E-state index in [-0.39, 0.29) is 18.2 Å². The molecule has 4 aromatic rings. The first-order valence-electron chi connectivity index (χ1n) is 8.80. The summed E-state index contributed by atoms with van der Waals surface area (Å²) in [6.07, 6.45) is 1.87. The van der Waals surface area contributed by atoms with E-state index in [0.717, 1.165) is 16.5 Å². The Morgan fingerprint density at radius 3 is 2.54 bits per heavy atom. The van der Waals surface area contributed by atoms with E-state index in [1.165, 1.54) is 6.92 Å². The van der Waals surface area contributed by atoms with Gasteiger partial charge in [0.05, 0.1) is 0 Å². The number of anilines is 1. The van der Waals surface area contributed by atoms with Gasteiger partial charge in [-0.15, -0.1) is 10.2 Å². The molecule has 0 radical (unpaired) electrons. The molecule has 140 valence electrons. The zero-order valence-corrected chi connectivity index (χ0v) is 15.5. The van der Waals surface area contributed by atoms with Gasteiger partial charge in [0.15, 0.2) is 5.78 Å². The summed E-state index contributed by atoms with van der Waals surface area (Å²) >= 11 is 0. The maximum atomic E-state index is 12.5. The molecule has 7 nitrogen and oxygen atoms in total. The Hall–Kier alpha value is -3.74. The lowest BCUT2D eigenvalue weighted by Gasteiger charge is -2.08. The van der Waals surface area contributed by atoms with Gasteiger partial charge >= 0.3 is 0 Å². The molecule has 2 aromatic carbocycles. The molecule has 0 aliphatic rings. The monoisotopic (exact) mass is 374 g/mol. The Labute approximate surface area is 161 Å². The average Bonchev–Trinajstić information content (AvgIpc) is 3.28. The van der Waals surface area contributed by atoms with Crippen molar-refractivity contribution < 1.29 is 14.0 Å². The molecular weight excluding hydrogens is 356 g/mol. The number of rotatable bonds is 5. The van der Waals surface area contributed by atoms with Crippen molar-refractivity contribution in [2.24, 2.45) is 0 Å². The highest BCUT2D eigenvalue weighted by Crippen LogP contribution is 2.24. The minimum absolute atomic E-state index is 0.0102. The number of Topliss-reactive ketones (excluding diaryl/α,β-unsaturated/α-hetero) is 1. The molecule has 0 unspecified atom stereocenters. The number of carbonyl (C=O) groups excluding carboxylic acids is 2. The molecule has 0 atom stereocenters. The third kappa shape index (κ3) is 3.55. The number of aromatic nitrogens is 3. The molecule has 4 rings (SSSR count). The molecule has 2 heterocycles. The summed E-state index contributed by atoms with van der Waals surface area (Å²) in [7, 11) is 0. The molecule has 1 N–H and O–H groups in total. The number of amides is 1. The van der Waals surface area contributed by atoms with E-state index in [9.17, 15) is 9.59 Å². The Balaban J connectivity index is 1.53. The van der Waals surface area contributed by atoms with Crippen LogP contribution >= 0.6 is 0 Å². The van der Waals surface area contributed by atoms with E-state index in [4.69, 9.17) is 4.42 Å². The summed E-state index contributed by atoms with van der Waals surface area (Å²) in [6.45, 7) is 3.41. The summed E-state index contributed by atoms with van der Waals surface area (Å²) in [5.74, 6) is 0.777. The van der Waals surface area contributed by atoms with Crippen LogP contribution in [-0.2, 0) is 11.3 Å². The maximum Gasteiger partial charge on any atom is 0.247 e. The number of nitrogens with one attached hydrogen (secondary N) is 1. The van der Waals surface area contributed by atoms with E-state index >= 15 is 0 Å². The van der Waals surface area contributed by atoms with Gasteiger partial charge in [-0.3, -0.25) is 9.59 Å². The summed E-state index contributed by atoms with van der Waals surface area (Å²) in [5, 5.41) is 11.8. The van der Waals surface area contributed by atoms with Crippen LogP contribution in [0.3, 0.4) is 0 Å². The summed E-state index contributed by atoms with van der Waals surface area (Å²) in [6, 6.07) is 14.6. The molecule has 0 fully saturated rings. The van der Waals surface area contributed by atoms with E-state index < -0.39 is 0 Å². The van der Waals surface area contributed by atoms with Crippen molar-refractivity contribution in [3.8, 4) is 11.5 Å². The summed E-state index contributed by atoms with van der Waals surface area (Å²) in [5.41, 5.74) is 2.95. The van der Waals surface area contributed by atoms with Crippen LogP contribution < -0.4 is 5.32 Å². The van der Waals surface area contributed by atoms with E-state index in [2.05, 4.69) is 15.5 Å². The van der Waals surface area contributed by atoms with Crippen LogP contribution in [0.4, 0.5) is 5.69 Å². The van der Waals surface area contributed by atoms with Crippen LogP contribution in [0.5, 0.6) is 0 Å². The third-order valence-electron chi connectivity index (χ3n) is 4.44. The van der Waals surface area contributed by atoms with Crippen LogP contribution in [0.1, 0.15) is 23.2 Å². The molecular formula is C21H18N4O3. The van der Waals surface area contributed by atoms with Gasteiger partial charge in [0, 0.05) is 35.5 Å². The molecule has 28 heavy (non-hydrogen) atoms. The first-order valence-corrected chi connectivity index (χ1v) is 8.80. The quantitative estimate of drug-likeness (QED) is 0.536. The zero-order chi connectivity index (χ0) is 19.7. The highest BCUT2D eigenvalue weighted by atomic mass is 16.4. The fourth-order valence-corrected chi connectivity index (χ4v) is 3.01. The van der Waals surface area contributed by atoms with Crippen molar-refractivity contribution in [2.75, 3.05) is 5.32 Å². The minimum Gasteiger partial charge on any atom is -0.421 e. The first kappa shape index (κ1) is 17.7. The Morgan fingerprint density at radius 1 is 1.07 bits per heavy atom. The third-order valence-corrected chi connectivity index (χ3v) is 4.44. The number of benzene rings is 2. The molecule has 2 aromatic heterocycles. The van der Waals surface area contributed by atoms with E-state index in [0.29, 0.717) is 23.0 Å². The highest BCUT2D eigenvalue weighted by Gasteiger charge is 2.11. The Kier molecular flexibility index (Phi) is 4.49. The molecule has 0 saturated carbocycles. The van der Waals surface area contributed by atoms with Crippen LogP contribution in [0, 0.1) is 6.92 Å². The van der Waals surface area contributed by atoms with Gasteiger partial charge in [0.1, 0.15) is 6.54 Å². The SMILES string of the molecule is CC(=O)c1ccc(NC(=O)Cn2ccc3ccc(-c4nnc(C)o4)cc32)cc1. The number of aryl methyl sites for hydroxylation is 1. The van der Waals surface area contributed by atoms with Crippen molar-refractivity contribution >= 4 is 28.3 Å². The van der Waals surface area contributed by atoms with Gasteiger partial charge in [-0.25, -0.2) is 0 Å². The predicted molar refractivity (Wildman–Crippen MR) is 105 cm³/mol. The lowest BCUT2D eigenvalue weighted by Crippen LogP contribution is -2.18. The number of ketones is 1. The first-order chi connectivity index (χ1) is 13.5. The van der Waals surface area contributed by atoms with Crippen molar-refractivity contribution in [2.45, 2.75) is 20.4 Å². The van der Waals surface area contributed by atoms with Crippen LogP contribution in [0.15, 0.2) is 59.1 Å². The molecule has 0 bridgehead atoms. The van der Waals surface area contributed by atoms with Crippen molar-refractivity contribution in [1.29, 1.82) is 0 Å². The average molecular weight is 374 g/mol. The van der Waals surface area contributed by atoms with Crippen molar-refractivity contribution in [3.63, 3.8) is 0 Å². The van der Waals surface area contributed by atoms with Crippen molar-refractivity contribution in [1.82, 2.24) is 14.8 Å². The number of hydrogen-bond donors (Lipinski definition) is 1. The second kappa shape index (κ2) is 7.11. The van der Waals surface area contributed by atoms with Gasteiger partial charge < -0.3 is 14.3 Å². The minimum atomic E-state index is -0.160. The zero-order valence-electron chi connectivity index (χ0n) is 15.5. The molecule has 0 aliphatic carbocycles. The Bertz CT molecular complexity index is 1170. The molecule has 7 heteroatoms. The normalized spacial score (nSPS) is 10.9. The van der Waals surface area contributed by atoms with E-state index in [1.807, 2.05) is 35.0 Å². The van der Waals surface area contributed by atoms with Gasteiger partial charge in [-0.1, -0.05) is 6.07 Å². The lowest BCUT2D eigenvalue weighted by molar-refractivity contribution is -0.116. The topological polar surface area (TPSA) is 90.0 Å². The van der Waals surface area contributed by atoms with Crippen LogP contribution in [0.25, 0.3) is 22.4 Å². The largest absolute Gasteiger partial charge is 0.421 e. The Morgan fingerprint density at radius 2 is 1.86 bits per heavy atom. The number of nitrogens with zero attached hydrogens (tertiary/aromatic N) is 3. The van der Waals surface area contributed by atoms with Gasteiger partial charge in [0.25, 0.3) is 0 Å². The fraction of sp³-hybridized carbons (Fsp3) is 0.143. The standard InChI is InChI=1S/C21H18N4O3/c1-13(26)15-5-7-18(8-6-15)22-20(27)12-25-10-9-16-3-4-17(11-19(16)25)21-24-23-14(2)28-21/h3-11H,12H2,1-2H3,(H,22,27). The molecule has 0 spiro atoms. The van der Waals surface area contributed by atoms with Crippen LogP contribution in [-0.4, -0.2) is 26.5 Å². The maximum absolute atomic E-state index is 12.5.